The number of carboxylic acid groups (broad SMARTS) is 1. The molecule has 1 N–H and O–H groups in total. The molecule has 0 amide bonds. The summed E-state index contributed by atoms with van der Waals surface area (Å²) in [5.74, 6) is -2.84. The molecule has 4 rings (SSSR count). The van der Waals surface area contributed by atoms with Crippen LogP contribution in [-0.4, -0.2) is 29.7 Å². The fraction of sp³-hybridized carbons (Fsp3) is 0.167. The summed E-state index contributed by atoms with van der Waals surface area (Å²) in [5, 5.41) is 9.63. The highest BCUT2D eigenvalue weighted by Crippen LogP contribution is 2.32. The highest BCUT2D eigenvalue weighted by molar-refractivity contribution is 7.22. The number of halogens is 3. The number of hydrogen-bond acceptors (Lipinski definition) is 5. The summed E-state index contributed by atoms with van der Waals surface area (Å²) < 4.78 is 48.0. The molecule has 1 aromatic heterocycles. The van der Waals surface area contributed by atoms with E-state index in [1.54, 1.807) is 24.3 Å². The van der Waals surface area contributed by atoms with Gasteiger partial charge in [-0.05, 0) is 47.9 Å². The van der Waals surface area contributed by atoms with Gasteiger partial charge in [0, 0.05) is 19.2 Å². The summed E-state index contributed by atoms with van der Waals surface area (Å²) in [6, 6.07) is 13.1. The van der Waals surface area contributed by atoms with Gasteiger partial charge in [0.15, 0.2) is 16.7 Å². The minimum absolute atomic E-state index is 0.156. The van der Waals surface area contributed by atoms with Crippen LogP contribution < -0.4 is 9.64 Å². The van der Waals surface area contributed by atoms with Crippen molar-refractivity contribution in [2.75, 3.05) is 18.6 Å². The highest BCUT2D eigenvalue weighted by Gasteiger charge is 2.17. The number of thiazole rings is 1. The maximum atomic E-state index is 14.5. The molecular formula is C24H19F3N2O3S. The van der Waals surface area contributed by atoms with E-state index >= 15 is 0 Å². The van der Waals surface area contributed by atoms with Crippen LogP contribution in [0.2, 0.25) is 0 Å². The Kier molecular flexibility index (Phi) is 6.50. The zero-order valence-electron chi connectivity index (χ0n) is 17.5. The Morgan fingerprint density at radius 1 is 1.06 bits per heavy atom. The van der Waals surface area contributed by atoms with Gasteiger partial charge in [0.25, 0.3) is 0 Å². The zero-order chi connectivity index (χ0) is 23.5. The van der Waals surface area contributed by atoms with Crippen LogP contribution in [0.1, 0.15) is 21.5 Å². The number of ether oxygens (including phenoxy) is 1. The molecule has 5 nitrogen and oxygen atoms in total. The molecule has 0 fully saturated rings. The van der Waals surface area contributed by atoms with Crippen LogP contribution >= 0.6 is 11.3 Å². The number of benzene rings is 3. The molecular weight excluding hydrogens is 453 g/mol. The van der Waals surface area contributed by atoms with Crippen LogP contribution in [0.4, 0.5) is 18.3 Å². The minimum atomic E-state index is -1.03. The van der Waals surface area contributed by atoms with Crippen molar-refractivity contribution < 1.29 is 27.8 Å². The van der Waals surface area contributed by atoms with Crippen molar-refractivity contribution in [3.63, 3.8) is 0 Å². The van der Waals surface area contributed by atoms with Gasteiger partial charge in [-0.3, -0.25) is 0 Å². The van der Waals surface area contributed by atoms with Crippen LogP contribution in [0.3, 0.4) is 0 Å². The molecule has 0 saturated carbocycles. The van der Waals surface area contributed by atoms with Gasteiger partial charge in [-0.2, -0.15) is 0 Å². The molecule has 0 spiro atoms. The van der Waals surface area contributed by atoms with Gasteiger partial charge in [0.05, 0.1) is 22.9 Å². The summed E-state index contributed by atoms with van der Waals surface area (Å²) in [7, 11) is 1.27. The molecule has 0 aliphatic rings. The largest absolute Gasteiger partial charge is 0.494 e. The number of methoxy groups -OCH3 is 1. The lowest BCUT2D eigenvalue weighted by Gasteiger charge is -2.22. The highest BCUT2D eigenvalue weighted by atomic mass is 32.1. The predicted molar refractivity (Wildman–Crippen MR) is 121 cm³/mol. The monoisotopic (exact) mass is 472 g/mol. The first-order chi connectivity index (χ1) is 15.9. The average Bonchev–Trinajstić information content (AvgIpc) is 3.24. The van der Waals surface area contributed by atoms with Gasteiger partial charge in [0.2, 0.25) is 0 Å². The maximum absolute atomic E-state index is 14.5. The van der Waals surface area contributed by atoms with Gasteiger partial charge in [-0.25, -0.2) is 22.9 Å². The Balaban J connectivity index is 1.64. The number of fused-ring (bicyclic) bond motifs is 1. The molecule has 33 heavy (non-hydrogen) atoms. The third-order valence-electron chi connectivity index (χ3n) is 5.17. The predicted octanol–water partition coefficient (Wildman–Crippen LogP) is 5.67. The van der Waals surface area contributed by atoms with Crippen molar-refractivity contribution in [3.05, 3.63) is 88.7 Å². The Labute approximate surface area is 191 Å². The number of rotatable bonds is 8. The van der Waals surface area contributed by atoms with Crippen molar-refractivity contribution >= 4 is 32.7 Å². The van der Waals surface area contributed by atoms with E-state index in [1.165, 1.54) is 36.6 Å². The molecule has 4 aromatic rings. The molecule has 9 heteroatoms. The number of carbonyl (C=O) groups is 1. The molecule has 0 saturated heterocycles. The van der Waals surface area contributed by atoms with E-state index in [0.29, 0.717) is 21.9 Å². The number of aromatic carboxylic acids is 1. The maximum Gasteiger partial charge on any atom is 0.335 e. The Morgan fingerprint density at radius 2 is 1.82 bits per heavy atom. The van der Waals surface area contributed by atoms with Crippen LogP contribution in [-0.2, 0) is 13.0 Å². The van der Waals surface area contributed by atoms with Crippen molar-refractivity contribution in [3.8, 4) is 5.75 Å². The third-order valence-corrected chi connectivity index (χ3v) is 6.31. The Morgan fingerprint density at radius 3 is 2.48 bits per heavy atom. The second kappa shape index (κ2) is 9.50. The van der Waals surface area contributed by atoms with Crippen molar-refractivity contribution in [2.24, 2.45) is 0 Å². The van der Waals surface area contributed by atoms with Crippen molar-refractivity contribution in [1.29, 1.82) is 0 Å². The molecule has 170 valence electrons. The topological polar surface area (TPSA) is 62.7 Å². The number of nitrogens with zero attached hydrogens (tertiary/aromatic N) is 2. The van der Waals surface area contributed by atoms with Crippen molar-refractivity contribution in [2.45, 2.75) is 13.0 Å². The molecule has 0 atom stereocenters. The molecule has 0 radical (unpaired) electrons. The van der Waals surface area contributed by atoms with Gasteiger partial charge in [-0.1, -0.05) is 29.5 Å². The molecule has 1 heterocycles. The Hall–Kier alpha value is -3.59. The van der Waals surface area contributed by atoms with E-state index < -0.39 is 17.6 Å². The third kappa shape index (κ3) is 4.93. The Bertz CT molecular complexity index is 1310. The molecule has 3 aromatic carbocycles. The molecule has 0 bridgehead atoms. The standard InChI is InChI=1S/C24H19F3N2O3S/c1-32-21-12-18(26)16(11-19(21)27)9-10-29(13-14-5-7-15(8-6-14)23(30)31)24-28-20-4-2-3-17(25)22(20)33-24/h2-8,11-12H,9-10,13H2,1H3,(H,30,31). The normalized spacial score (nSPS) is 11.0. The van der Waals surface area contributed by atoms with E-state index in [1.807, 2.05) is 4.90 Å². The SMILES string of the molecule is COc1cc(F)c(CCN(Cc2ccc(C(=O)O)cc2)c2nc3cccc(F)c3s2)cc1F. The van der Waals surface area contributed by atoms with Crippen LogP contribution in [0.25, 0.3) is 10.2 Å². The first-order valence-corrected chi connectivity index (χ1v) is 10.8. The van der Waals surface area contributed by atoms with Gasteiger partial charge >= 0.3 is 5.97 Å². The second-order valence-corrected chi connectivity index (χ2v) is 8.31. The fourth-order valence-corrected chi connectivity index (χ4v) is 4.42. The zero-order valence-corrected chi connectivity index (χ0v) is 18.3. The molecule has 0 aliphatic carbocycles. The molecule has 0 aliphatic heterocycles. The number of carboxylic acids is 1. The summed E-state index contributed by atoms with van der Waals surface area (Å²) in [6.07, 6.45) is 0.165. The van der Waals surface area contributed by atoms with E-state index in [0.717, 1.165) is 17.7 Å². The van der Waals surface area contributed by atoms with Crippen LogP contribution in [0, 0.1) is 17.5 Å². The smallest absolute Gasteiger partial charge is 0.335 e. The van der Waals surface area contributed by atoms with E-state index in [4.69, 9.17) is 9.84 Å². The average molecular weight is 472 g/mol. The number of hydrogen-bond donors (Lipinski definition) is 1. The van der Waals surface area contributed by atoms with Gasteiger partial charge < -0.3 is 14.7 Å². The van der Waals surface area contributed by atoms with E-state index in [-0.39, 0.29) is 35.7 Å². The fourth-order valence-electron chi connectivity index (χ4n) is 3.43. The lowest BCUT2D eigenvalue weighted by Crippen LogP contribution is -2.25. The lowest BCUT2D eigenvalue weighted by molar-refractivity contribution is 0.0697. The summed E-state index contributed by atoms with van der Waals surface area (Å²) in [6.45, 7) is 0.590. The van der Waals surface area contributed by atoms with Gasteiger partial charge in [0.1, 0.15) is 11.6 Å². The summed E-state index contributed by atoms with van der Waals surface area (Å²) >= 11 is 1.17. The first-order valence-electron chi connectivity index (χ1n) is 10.00. The number of anilines is 1. The lowest BCUT2D eigenvalue weighted by atomic mass is 10.1. The summed E-state index contributed by atoms with van der Waals surface area (Å²) in [5.41, 5.74) is 1.62. The van der Waals surface area contributed by atoms with E-state index in [2.05, 4.69) is 4.98 Å². The second-order valence-electron chi connectivity index (χ2n) is 7.34. The minimum Gasteiger partial charge on any atom is -0.494 e. The van der Waals surface area contributed by atoms with E-state index in [9.17, 15) is 18.0 Å². The van der Waals surface area contributed by atoms with Crippen LogP contribution in [0.15, 0.2) is 54.6 Å². The number of aromatic nitrogens is 1. The van der Waals surface area contributed by atoms with Crippen LogP contribution in [0.5, 0.6) is 5.75 Å². The first kappa shape index (κ1) is 22.6. The quantitative estimate of drug-likeness (QED) is 0.358. The molecule has 0 unspecified atom stereocenters. The van der Waals surface area contributed by atoms with Gasteiger partial charge in [-0.15, -0.1) is 0 Å². The summed E-state index contributed by atoms with van der Waals surface area (Å²) in [4.78, 5) is 17.5. The van der Waals surface area contributed by atoms with Crippen molar-refractivity contribution in [1.82, 2.24) is 4.98 Å².